The van der Waals surface area contributed by atoms with Gasteiger partial charge in [0, 0.05) is 10.9 Å². The second kappa shape index (κ2) is 4.98. The highest BCUT2D eigenvalue weighted by Crippen LogP contribution is 2.37. The zero-order chi connectivity index (χ0) is 16.0. The first kappa shape index (κ1) is 14.1. The largest absolute Gasteiger partial charge is 0.454 e. The molecule has 3 aromatic rings. The summed E-state index contributed by atoms with van der Waals surface area (Å²) < 4.78 is 50.1. The van der Waals surface area contributed by atoms with Crippen molar-refractivity contribution in [2.45, 2.75) is 6.18 Å². The highest BCUT2D eigenvalue weighted by molar-refractivity contribution is 7.12. The molecule has 0 spiro atoms. The van der Waals surface area contributed by atoms with E-state index in [2.05, 4.69) is 10.1 Å². The predicted octanol–water partition coefficient (Wildman–Crippen LogP) is 3.74. The molecule has 2 aromatic heterocycles. The van der Waals surface area contributed by atoms with Crippen molar-refractivity contribution in [3.63, 3.8) is 0 Å². The lowest BCUT2D eigenvalue weighted by Crippen LogP contribution is -2.13. The molecule has 0 unspecified atom stereocenters. The number of hydrogen-bond donors (Lipinski definition) is 0. The number of nitrogens with zero attached hydrogens (tertiary/aromatic N) is 3. The maximum atomic E-state index is 12.9. The molecule has 0 N–H and O–H groups in total. The van der Waals surface area contributed by atoms with Gasteiger partial charge in [0.1, 0.15) is 0 Å². The average molecular weight is 339 g/mol. The van der Waals surface area contributed by atoms with Crippen LogP contribution in [0.15, 0.2) is 35.8 Å². The van der Waals surface area contributed by atoms with Gasteiger partial charge in [0.05, 0.1) is 11.9 Å². The molecule has 0 aliphatic carbocycles. The van der Waals surface area contributed by atoms with E-state index in [1.54, 1.807) is 23.6 Å². The highest BCUT2D eigenvalue weighted by atomic mass is 32.1. The quantitative estimate of drug-likeness (QED) is 0.714. The normalized spacial score (nSPS) is 13.5. The van der Waals surface area contributed by atoms with E-state index in [9.17, 15) is 13.2 Å². The van der Waals surface area contributed by atoms with Gasteiger partial charge >= 0.3 is 6.18 Å². The van der Waals surface area contributed by atoms with E-state index < -0.39 is 11.9 Å². The van der Waals surface area contributed by atoms with E-state index in [4.69, 9.17) is 9.47 Å². The molecule has 118 valence electrons. The van der Waals surface area contributed by atoms with E-state index >= 15 is 0 Å². The molecular weight excluding hydrogens is 331 g/mol. The van der Waals surface area contributed by atoms with Crippen LogP contribution < -0.4 is 9.47 Å². The van der Waals surface area contributed by atoms with E-state index in [0.717, 1.165) is 33.8 Å². The molecule has 0 radical (unpaired) electrons. The third-order valence-corrected chi connectivity index (χ3v) is 4.09. The molecule has 0 saturated heterocycles. The Hall–Kier alpha value is -2.55. The minimum absolute atomic E-state index is 0.148. The number of halogens is 3. The number of rotatable bonds is 2. The summed E-state index contributed by atoms with van der Waals surface area (Å²) in [4.78, 5) is 4.25. The minimum Gasteiger partial charge on any atom is -0.454 e. The molecule has 0 atom stereocenters. The lowest BCUT2D eigenvalue weighted by molar-refractivity contribution is -0.142. The van der Waals surface area contributed by atoms with Crippen molar-refractivity contribution in [3.05, 3.63) is 41.5 Å². The molecule has 1 aromatic carbocycles. The Kier molecular flexibility index (Phi) is 3.05. The van der Waals surface area contributed by atoms with Gasteiger partial charge in [-0.3, -0.25) is 0 Å². The van der Waals surface area contributed by atoms with Crippen LogP contribution >= 0.6 is 11.3 Å². The molecule has 3 heterocycles. The van der Waals surface area contributed by atoms with E-state index in [-0.39, 0.29) is 11.9 Å². The Labute approximate surface area is 131 Å². The smallest absolute Gasteiger partial charge is 0.433 e. The van der Waals surface area contributed by atoms with Crippen LogP contribution in [0.3, 0.4) is 0 Å². The topological polar surface area (TPSA) is 49.2 Å². The second-order valence-electron chi connectivity index (χ2n) is 4.71. The van der Waals surface area contributed by atoms with Gasteiger partial charge in [-0.2, -0.15) is 18.3 Å². The summed E-state index contributed by atoms with van der Waals surface area (Å²) in [7, 11) is 0. The lowest BCUT2D eigenvalue weighted by Gasteiger charge is -2.07. The summed E-state index contributed by atoms with van der Waals surface area (Å²) in [6.45, 7) is 0.156. The molecule has 23 heavy (non-hydrogen) atoms. The zero-order valence-electron chi connectivity index (χ0n) is 11.4. The summed E-state index contributed by atoms with van der Waals surface area (Å²) >= 11 is 1.08. The number of benzene rings is 1. The molecule has 0 saturated carbocycles. The molecule has 5 nitrogen and oxygen atoms in total. The van der Waals surface area contributed by atoms with Crippen molar-refractivity contribution in [1.82, 2.24) is 14.8 Å². The second-order valence-corrected chi connectivity index (χ2v) is 5.55. The maximum absolute atomic E-state index is 12.9. The van der Waals surface area contributed by atoms with Crippen LogP contribution in [0.25, 0.3) is 16.4 Å². The molecule has 0 bridgehead atoms. The van der Waals surface area contributed by atoms with Gasteiger partial charge in [-0.15, -0.1) is 11.3 Å². The predicted molar refractivity (Wildman–Crippen MR) is 75.8 cm³/mol. The lowest BCUT2D eigenvalue weighted by atomic mass is 10.1. The molecule has 0 fully saturated rings. The number of alkyl halides is 3. The van der Waals surface area contributed by atoms with Gasteiger partial charge in [-0.1, -0.05) is 0 Å². The third-order valence-electron chi connectivity index (χ3n) is 3.27. The van der Waals surface area contributed by atoms with Crippen LogP contribution in [-0.4, -0.2) is 21.6 Å². The summed E-state index contributed by atoms with van der Waals surface area (Å²) in [5.74, 6) is 1.22. The Bertz CT molecular complexity index is 872. The first-order valence-electron chi connectivity index (χ1n) is 6.49. The number of ether oxygens (including phenoxy) is 2. The van der Waals surface area contributed by atoms with Crippen molar-refractivity contribution < 1.29 is 22.6 Å². The number of hydrogen-bond acceptors (Lipinski definition) is 5. The minimum atomic E-state index is -4.49. The van der Waals surface area contributed by atoms with Crippen LogP contribution in [0.1, 0.15) is 5.69 Å². The summed E-state index contributed by atoms with van der Waals surface area (Å²) in [6, 6.07) is 6.18. The van der Waals surface area contributed by atoms with Crippen molar-refractivity contribution in [2.24, 2.45) is 0 Å². The number of thiazole rings is 1. The van der Waals surface area contributed by atoms with Gasteiger partial charge in [0.25, 0.3) is 0 Å². The third kappa shape index (κ3) is 2.42. The fourth-order valence-electron chi connectivity index (χ4n) is 2.22. The van der Waals surface area contributed by atoms with Crippen molar-refractivity contribution in [1.29, 1.82) is 0 Å². The molecule has 1 aliphatic rings. The molecule has 9 heteroatoms. The fourth-order valence-corrected chi connectivity index (χ4v) is 3.02. The summed E-state index contributed by atoms with van der Waals surface area (Å²) in [5.41, 5.74) is 0.425. The van der Waals surface area contributed by atoms with Gasteiger partial charge in [-0.05, 0) is 24.3 Å². The molecular formula is C14H8F3N3O2S. The summed E-state index contributed by atoms with van der Waals surface area (Å²) in [5, 5.41) is 5.54. The van der Waals surface area contributed by atoms with Crippen LogP contribution in [0.5, 0.6) is 11.5 Å². The monoisotopic (exact) mass is 339 g/mol. The van der Waals surface area contributed by atoms with Crippen LogP contribution in [0, 0.1) is 0 Å². The average Bonchev–Trinajstić information content (AvgIpc) is 3.24. The van der Waals surface area contributed by atoms with Crippen molar-refractivity contribution in [2.75, 3.05) is 6.79 Å². The molecule has 0 amide bonds. The van der Waals surface area contributed by atoms with Crippen molar-refractivity contribution in [3.8, 4) is 27.9 Å². The number of fused-ring (bicyclic) bond motifs is 1. The Morgan fingerprint density at radius 2 is 1.96 bits per heavy atom. The summed E-state index contributed by atoms with van der Waals surface area (Å²) in [6.07, 6.45) is -3.38. The van der Waals surface area contributed by atoms with Gasteiger partial charge in [0.2, 0.25) is 11.9 Å². The zero-order valence-corrected chi connectivity index (χ0v) is 12.2. The Morgan fingerprint density at radius 1 is 1.13 bits per heavy atom. The van der Waals surface area contributed by atoms with Gasteiger partial charge < -0.3 is 9.47 Å². The standard InChI is InChI=1S/C14H8F3N3O2S/c15-14(16,17)12-3-4-18-20(12)13-19-9(6-23-13)8-1-2-10-11(5-8)22-7-21-10/h1-6H,7H2. The van der Waals surface area contributed by atoms with Crippen molar-refractivity contribution >= 4 is 11.3 Å². The molecule has 4 rings (SSSR count). The SMILES string of the molecule is FC(F)(F)c1ccnn1-c1nc(-c2ccc3c(c2)OCO3)cs1. The molecule has 1 aliphatic heterocycles. The first-order chi connectivity index (χ1) is 11.0. The van der Waals surface area contributed by atoms with Crippen LogP contribution in [0.2, 0.25) is 0 Å². The highest BCUT2D eigenvalue weighted by Gasteiger charge is 2.35. The van der Waals surface area contributed by atoms with Crippen LogP contribution in [-0.2, 0) is 6.18 Å². The Morgan fingerprint density at radius 3 is 2.78 bits per heavy atom. The van der Waals surface area contributed by atoms with Crippen LogP contribution in [0.4, 0.5) is 13.2 Å². The first-order valence-corrected chi connectivity index (χ1v) is 7.37. The van der Waals surface area contributed by atoms with E-state index in [1.807, 2.05) is 0 Å². The number of aromatic nitrogens is 3. The maximum Gasteiger partial charge on any atom is 0.433 e. The van der Waals surface area contributed by atoms with E-state index in [1.165, 1.54) is 0 Å². The fraction of sp³-hybridized carbons (Fsp3) is 0.143. The Balaban J connectivity index is 1.72. The van der Waals surface area contributed by atoms with Gasteiger partial charge in [0.15, 0.2) is 17.2 Å². The van der Waals surface area contributed by atoms with E-state index in [0.29, 0.717) is 17.2 Å². The van der Waals surface area contributed by atoms with Gasteiger partial charge in [-0.25, -0.2) is 9.67 Å².